The van der Waals surface area contributed by atoms with Gasteiger partial charge in [-0.2, -0.15) is 0 Å². The molecule has 0 saturated carbocycles. The average molecular weight is 325 g/mol. The van der Waals surface area contributed by atoms with E-state index in [0.717, 1.165) is 5.56 Å². The van der Waals surface area contributed by atoms with Crippen LogP contribution in [0.3, 0.4) is 0 Å². The lowest BCUT2D eigenvalue weighted by atomic mass is 10.2. The van der Waals surface area contributed by atoms with Crippen LogP contribution in [-0.2, 0) is 0 Å². The van der Waals surface area contributed by atoms with Gasteiger partial charge in [-0.05, 0) is 36.8 Å². The number of aromatic nitrogens is 2. The highest BCUT2D eigenvalue weighted by Gasteiger charge is 2.16. The fourth-order valence-corrected chi connectivity index (χ4v) is 2.38. The summed E-state index contributed by atoms with van der Waals surface area (Å²) in [6.45, 7) is 1.92. The highest BCUT2D eigenvalue weighted by Crippen LogP contribution is 2.26. The molecule has 0 aliphatic rings. The number of anilines is 1. The molecule has 0 saturated heterocycles. The van der Waals surface area contributed by atoms with Gasteiger partial charge in [-0.3, -0.25) is 9.20 Å². The highest BCUT2D eigenvalue weighted by atomic mass is 16.5. The Bertz CT molecular complexity index is 946. The Morgan fingerprint density at radius 3 is 2.75 bits per heavy atom. The number of pyridine rings is 1. The zero-order chi connectivity index (χ0) is 17.3. The van der Waals surface area contributed by atoms with Gasteiger partial charge in [-0.1, -0.05) is 6.07 Å². The number of carbonyl (C=O) groups is 2. The lowest BCUT2D eigenvalue weighted by Crippen LogP contribution is -2.15. The zero-order valence-corrected chi connectivity index (χ0v) is 13.1. The lowest BCUT2D eigenvalue weighted by Gasteiger charge is -2.11. The van der Waals surface area contributed by atoms with Crippen LogP contribution >= 0.6 is 0 Å². The summed E-state index contributed by atoms with van der Waals surface area (Å²) in [5.41, 5.74) is 2.32. The molecule has 7 heteroatoms. The number of amides is 1. The van der Waals surface area contributed by atoms with E-state index < -0.39 is 11.9 Å². The first-order valence-electron chi connectivity index (χ1n) is 7.16. The van der Waals surface area contributed by atoms with Crippen molar-refractivity contribution in [1.82, 2.24) is 9.38 Å². The van der Waals surface area contributed by atoms with E-state index in [9.17, 15) is 9.59 Å². The van der Waals surface area contributed by atoms with Gasteiger partial charge < -0.3 is 15.2 Å². The van der Waals surface area contributed by atoms with Crippen molar-refractivity contribution in [3.8, 4) is 5.75 Å². The summed E-state index contributed by atoms with van der Waals surface area (Å²) in [7, 11) is 1.45. The van der Waals surface area contributed by atoms with Gasteiger partial charge >= 0.3 is 5.97 Å². The molecule has 0 atom stereocenters. The van der Waals surface area contributed by atoms with E-state index in [-0.39, 0.29) is 11.3 Å². The van der Waals surface area contributed by atoms with Crippen LogP contribution in [0.5, 0.6) is 5.75 Å². The maximum Gasteiger partial charge on any atom is 0.335 e. The second kappa shape index (κ2) is 6.04. The molecule has 3 aromatic rings. The number of aromatic carboxylic acids is 1. The van der Waals surface area contributed by atoms with Crippen molar-refractivity contribution in [3.05, 3.63) is 59.5 Å². The number of aryl methyl sites for hydroxylation is 1. The number of benzene rings is 1. The van der Waals surface area contributed by atoms with Crippen LogP contribution in [0.15, 0.2) is 42.7 Å². The molecule has 0 fully saturated rings. The van der Waals surface area contributed by atoms with Crippen molar-refractivity contribution in [2.45, 2.75) is 6.92 Å². The summed E-state index contributed by atoms with van der Waals surface area (Å²) < 4.78 is 6.85. The number of nitrogens with zero attached hydrogens (tertiary/aromatic N) is 2. The molecule has 1 aromatic carbocycles. The van der Waals surface area contributed by atoms with Gasteiger partial charge in [0.1, 0.15) is 17.1 Å². The molecule has 0 spiro atoms. The molecule has 2 heterocycles. The average Bonchev–Trinajstić information content (AvgIpc) is 2.97. The van der Waals surface area contributed by atoms with E-state index in [0.29, 0.717) is 17.1 Å². The van der Waals surface area contributed by atoms with Crippen LogP contribution in [0.2, 0.25) is 0 Å². The molecule has 24 heavy (non-hydrogen) atoms. The number of methoxy groups -OCH3 is 1. The van der Waals surface area contributed by atoms with Gasteiger partial charge in [0.25, 0.3) is 5.91 Å². The monoisotopic (exact) mass is 325 g/mol. The lowest BCUT2D eigenvalue weighted by molar-refractivity contribution is 0.0696. The van der Waals surface area contributed by atoms with Crippen LogP contribution in [0, 0.1) is 6.92 Å². The number of carbonyl (C=O) groups excluding carboxylic acids is 1. The van der Waals surface area contributed by atoms with Crippen LogP contribution < -0.4 is 10.1 Å². The summed E-state index contributed by atoms with van der Waals surface area (Å²) in [6.07, 6.45) is 3.28. The molecule has 122 valence electrons. The van der Waals surface area contributed by atoms with Crippen molar-refractivity contribution in [3.63, 3.8) is 0 Å². The minimum atomic E-state index is -1.08. The molecular weight excluding hydrogens is 310 g/mol. The van der Waals surface area contributed by atoms with Crippen LogP contribution in [0.25, 0.3) is 5.65 Å². The number of fused-ring (bicyclic) bond motifs is 1. The Labute approximate surface area is 137 Å². The number of carboxylic acid groups (broad SMARTS) is 1. The maximum atomic E-state index is 12.6. The largest absolute Gasteiger partial charge is 0.495 e. The van der Waals surface area contributed by atoms with E-state index in [1.54, 1.807) is 4.40 Å². The van der Waals surface area contributed by atoms with E-state index in [2.05, 4.69) is 10.3 Å². The summed E-state index contributed by atoms with van der Waals surface area (Å²) in [6, 6.07) is 7.99. The van der Waals surface area contributed by atoms with Crippen molar-refractivity contribution in [2.75, 3.05) is 12.4 Å². The second-order valence-corrected chi connectivity index (χ2v) is 5.25. The highest BCUT2D eigenvalue weighted by molar-refractivity contribution is 6.05. The number of carboxylic acids is 1. The summed E-state index contributed by atoms with van der Waals surface area (Å²) in [4.78, 5) is 27.9. The van der Waals surface area contributed by atoms with Crippen molar-refractivity contribution in [2.24, 2.45) is 0 Å². The van der Waals surface area contributed by atoms with E-state index in [1.165, 1.54) is 31.5 Å². The SMILES string of the molecule is COc1ccc(C(=O)O)cc1NC(=O)c1cnc2ccc(C)cn12. The third kappa shape index (κ3) is 2.79. The molecule has 0 bridgehead atoms. The number of ether oxygens (including phenoxy) is 1. The minimum Gasteiger partial charge on any atom is -0.495 e. The van der Waals surface area contributed by atoms with E-state index in [4.69, 9.17) is 9.84 Å². The van der Waals surface area contributed by atoms with E-state index >= 15 is 0 Å². The fraction of sp³-hybridized carbons (Fsp3) is 0.118. The minimum absolute atomic E-state index is 0.0556. The number of imidazole rings is 1. The first-order chi connectivity index (χ1) is 11.5. The van der Waals surface area contributed by atoms with Gasteiger partial charge in [0.15, 0.2) is 0 Å². The molecule has 0 radical (unpaired) electrons. The number of hydrogen-bond donors (Lipinski definition) is 2. The molecule has 3 rings (SSSR count). The topological polar surface area (TPSA) is 92.9 Å². The van der Waals surface area contributed by atoms with Crippen molar-refractivity contribution < 1.29 is 19.4 Å². The smallest absolute Gasteiger partial charge is 0.335 e. The maximum absolute atomic E-state index is 12.6. The molecule has 1 amide bonds. The Morgan fingerprint density at radius 2 is 2.04 bits per heavy atom. The molecule has 7 nitrogen and oxygen atoms in total. The normalized spacial score (nSPS) is 10.6. The summed E-state index contributed by atoms with van der Waals surface area (Å²) in [5, 5.41) is 11.8. The fourth-order valence-electron chi connectivity index (χ4n) is 2.38. The predicted octanol–water partition coefficient (Wildman–Crippen LogP) is 2.60. The van der Waals surface area contributed by atoms with Crippen LogP contribution in [-0.4, -0.2) is 33.5 Å². The van der Waals surface area contributed by atoms with Crippen molar-refractivity contribution in [1.29, 1.82) is 0 Å². The Morgan fingerprint density at radius 1 is 1.25 bits per heavy atom. The van der Waals surface area contributed by atoms with Gasteiger partial charge in [-0.15, -0.1) is 0 Å². The Kier molecular flexibility index (Phi) is 3.91. The van der Waals surface area contributed by atoms with Gasteiger partial charge in [0.2, 0.25) is 0 Å². The third-order valence-electron chi connectivity index (χ3n) is 3.58. The first-order valence-corrected chi connectivity index (χ1v) is 7.16. The van der Waals surface area contributed by atoms with Crippen LogP contribution in [0.1, 0.15) is 26.4 Å². The molecule has 0 unspecified atom stereocenters. The molecule has 0 aliphatic carbocycles. The number of hydrogen-bond acceptors (Lipinski definition) is 4. The van der Waals surface area contributed by atoms with Gasteiger partial charge in [0.05, 0.1) is 24.6 Å². The molecule has 2 aromatic heterocycles. The quantitative estimate of drug-likeness (QED) is 0.769. The standard InChI is InChI=1S/C17H15N3O4/c1-10-3-6-15-18-8-13(20(15)9-10)16(21)19-12-7-11(17(22)23)4-5-14(12)24-2/h3-9H,1-2H3,(H,19,21)(H,22,23). The van der Waals surface area contributed by atoms with Gasteiger partial charge in [-0.25, -0.2) is 9.78 Å². The second-order valence-electron chi connectivity index (χ2n) is 5.25. The molecule has 2 N–H and O–H groups in total. The van der Waals surface area contributed by atoms with Crippen molar-refractivity contribution >= 4 is 23.2 Å². The van der Waals surface area contributed by atoms with Gasteiger partial charge in [0, 0.05) is 6.20 Å². The summed E-state index contributed by atoms with van der Waals surface area (Å²) in [5.74, 6) is -1.12. The van der Waals surface area contributed by atoms with E-state index in [1.807, 2.05) is 25.3 Å². The molecular formula is C17H15N3O4. The first kappa shape index (κ1) is 15.5. The zero-order valence-electron chi connectivity index (χ0n) is 13.1. The third-order valence-corrected chi connectivity index (χ3v) is 3.58. The Balaban J connectivity index is 1.98. The van der Waals surface area contributed by atoms with Crippen LogP contribution in [0.4, 0.5) is 5.69 Å². The number of nitrogens with one attached hydrogen (secondary N) is 1. The molecule has 0 aliphatic heterocycles. The Hall–Kier alpha value is -3.35. The summed E-state index contributed by atoms with van der Waals surface area (Å²) >= 11 is 0. The predicted molar refractivity (Wildman–Crippen MR) is 87.8 cm³/mol. The number of rotatable bonds is 4.